The molecule has 0 amide bonds. The van der Waals surface area contributed by atoms with Crippen molar-refractivity contribution in [3.63, 3.8) is 0 Å². The van der Waals surface area contributed by atoms with Crippen molar-refractivity contribution in [1.29, 1.82) is 0 Å². The predicted octanol–water partition coefficient (Wildman–Crippen LogP) is 1.56. The third kappa shape index (κ3) is 3.67. The summed E-state index contributed by atoms with van der Waals surface area (Å²) in [5, 5.41) is 1.71. The standard InChI is InChI=1S/C11H17BrN2O4S3/c1-2-9-20(15,16)13-4-6-14(7-5-13)21(17,18)11-10(12)3-8-19-11/h3,8H,2,4-7,9H2,1H3. The molecular formula is C11H17BrN2O4S3. The first-order chi connectivity index (χ1) is 9.79. The Bertz CT molecular complexity index is 691. The monoisotopic (exact) mass is 416 g/mol. The molecule has 120 valence electrons. The van der Waals surface area contributed by atoms with Crippen LogP contribution in [-0.4, -0.2) is 57.4 Å². The van der Waals surface area contributed by atoms with Gasteiger partial charge in [0.05, 0.1) is 5.75 Å². The van der Waals surface area contributed by atoms with Crippen molar-refractivity contribution in [2.75, 3.05) is 31.9 Å². The fourth-order valence-corrected chi connectivity index (χ4v) is 7.52. The van der Waals surface area contributed by atoms with Crippen LogP contribution in [0.5, 0.6) is 0 Å². The number of piperazine rings is 1. The topological polar surface area (TPSA) is 74.8 Å². The van der Waals surface area contributed by atoms with Gasteiger partial charge in [-0.05, 0) is 33.8 Å². The summed E-state index contributed by atoms with van der Waals surface area (Å²) in [5.74, 6) is 0.107. The van der Waals surface area contributed by atoms with E-state index in [0.29, 0.717) is 10.9 Å². The summed E-state index contributed by atoms with van der Waals surface area (Å²) >= 11 is 4.39. The molecule has 0 atom stereocenters. The summed E-state index contributed by atoms with van der Waals surface area (Å²) in [6.07, 6.45) is 0.559. The number of halogens is 1. The molecule has 1 aliphatic heterocycles. The molecule has 1 fully saturated rings. The smallest absolute Gasteiger partial charge is 0.212 e. The highest BCUT2D eigenvalue weighted by Gasteiger charge is 2.33. The first-order valence-corrected chi connectivity index (χ1v) is 11.2. The normalized spacial score (nSPS) is 19.0. The Morgan fingerprint density at radius 3 is 2.19 bits per heavy atom. The summed E-state index contributed by atoms with van der Waals surface area (Å²) in [4.78, 5) is 0. The summed E-state index contributed by atoms with van der Waals surface area (Å²) < 4.78 is 52.5. The number of hydrogen-bond donors (Lipinski definition) is 0. The Labute approximate surface area is 138 Å². The van der Waals surface area contributed by atoms with Crippen LogP contribution >= 0.6 is 27.3 Å². The highest BCUT2D eigenvalue weighted by atomic mass is 79.9. The Morgan fingerprint density at radius 1 is 1.14 bits per heavy atom. The molecule has 0 bridgehead atoms. The highest BCUT2D eigenvalue weighted by molar-refractivity contribution is 9.10. The molecular weight excluding hydrogens is 400 g/mol. The maximum atomic E-state index is 12.5. The first-order valence-electron chi connectivity index (χ1n) is 6.50. The molecule has 1 aromatic heterocycles. The van der Waals surface area contributed by atoms with Crippen LogP contribution < -0.4 is 0 Å². The lowest BCUT2D eigenvalue weighted by molar-refractivity contribution is 0.273. The number of thiophene rings is 1. The Balaban J connectivity index is 2.10. The van der Waals surface area contributed by atoms with E-state index in [0.717, 1.165) is 11.3 Å². The van der Waals surface area contributed by atoms with Crippen LogP contribution in [0.4, 0.5) is 0 Å². The van der Waals surface area contributed by atoms with Crippen molar-refractivity contribution in [2.45, 2.75) is 17.6 Å². The molecule has 10 heteroatoms. The average molecular weight is 417 g/mol. The van der Waals surface area contributed by atoms with Crippen molar-refractivity contribution in [1.82, 2.24) is 8.61 Å². The second kappa shape index (κ2) is 6.63. The Morgan fingerprint density at radius 2 is 1.71 bits per heavy atom. The molecule has 1 aliphatic rings. The molecule has 0 saturated carbocycles. The number of hydrogen-bond acceptors (Lipinski definition) is 5. The predicted molar refractivity (Wildman–Crippen MR) is 86.4 cm³/mol. The van der Waals surface area contributed by atoms with Gasteiger partial charge in [0.2, 0.25) is 10.0 Å². The summed E-state index contributed by atoms with van der Waals surface area (Å²) in [6.45, 7) is 2.62. The fraction of sp³-hybridized carbons (Fsp3) is 0.636. The van der Waals surface area contributed by atoms with Gasteiger partial charge >= 0.3 is 0 Å². The highest BCUT2D eigenvalue weighted by Crippen LogP contribution is 2.30. The van der Waals surface area contributed by atoms with Crippen LogP contribution in [0, 0.1) is 0 Å². The van der Waals surface area contributed by atoms with Gasteiger partial charge in [0.25, 0.3) is 10.0 Å². The first kappa shape index (κ1) is 17.4. The van der Waals surface area contributed by atoms with E-state index in [9.17, 15) is 16.8 Å². The van der Waals surface area contributed by atoms with Gasteiger partial charge in [-0.1, -0.05) is 6.92 Å². The molecule has 0 aliphatic carbocycles. The Kier molecular flexibility index (Phi) is 5.48. The Hall–Kier alpha value is -0.000000000000000111. The van der Waals surface area contributed by atoms with Crippen LogP contribution in [0.1, 0.15) is 13.3 Å². The van der Waals surface area contributed by atoms with Crippen LogP contribution in [0.3, 0.4) is 0 Å². The van der Waals surface area contributed by atoms with E-state index in [1.807, 2.05) is 6.92 Å². The minimum absolute atomic E-state index is 0.107. The maximum Gasteiger partial charge on any atom is 0.253 e. The number of nitrogens with zero attached hydrogens (tertiary/aromatic N) is 2. The van der Waals surface area contributed by atoms with Crippen molar-refractivity contribution in [3.05, 3.63) is 15.9 Å². The molecule has 2 rings (SSSR count). The lowest BCUT2D eigenvalue weighted by Crippen LogP contribution is -2.50. The molecule has 0 aromatic carbocycles. The van der Waals surface area contributed by atoms with Crippen molar-refractivity contribution in [2.24, 2.45) is 0 Å². The molecule has 1 aromatic rings. The molecule has 6 nitrogen and oxygen atoms in total. The van der Waals surface area contributed by atoms with Gasteiger partial charge in [0, 0.05) is 30.7 Å². The quantitative estimate of drug-likeness (QED) is 0.729. The lowest BCUT2D eigenvalue weighted by Gasteiger charge is -2.33. The van der Waals surface area contributed by atoms with Gasteiger partial charge in [-0.15, -0.1) is 11.3 Å². The van der Waals surface area contributed by atoms with Crippen molar-refractivity contribution < 1.29 is 16.8 Å². The van der Waals surface area contributed by atoms with Gasteiger partial charge in [0.15, 0.2) is 0 Å². The van der Waals surface area contributed by atoms with Crippen LogP contribution in [0.25, 0.3) is 0 Å². The molecule has 0 unspecified atom stereocenters. The molecule has 21 heavy (non-hydrogen) atoms. The van der Waals surface area contributed by atoms with Gasteiger partial charge < -0.3 is 0 Å². The van der Waals surface area contributed by atoms with Crippen LogP contribution in [0.2, 0.25) is 0 Å². The van der Waals surface area contributed by atoms with E-state index in [4.69, 9.17) is 0 Å². The van der Waals surface area contributed by atoms with Gasteiger partial charge in [-0.2, -0.15) is 8.61 Å². The molecule has 1 saturated heterocycles. The van der Waals surface area contributed by atoms with E-state index in [-0.39, 0.29) is 36.1 Å². The third-order valence-corrected chi connectivity index (χ3v) is 9.83. The average Bonchev–Trinajstić information content (AvgIpc) is 2.86. The number of rotatable bonds is 5. The van der Waals surface area contributed by atoms with Gasteiger partial charge in [0.1, 0.15) is 4.21 Å². The maximum absolute atomic E-state index is 12.5. The number of sulfonamides is 2. The SMILES string of the molecule is CCCS(=O)(=O)N1CCN(S(=O)(=O)c2sccc2Br)CC1. The van der Waals surface area contributed by atoms with Crippen molar-refractivity contribution in [3.8, 4) is 0 Å². The van der Waals surface area contributed by atoms with E-state index in [2.05, 4.69) is 15.9 Å². The lowest BCUT2D eigenvalue weighted by atomic mass is 10.4. The van der Waals surface area contributed by atoms with E-state index in [1.165, 1.54) is 8.61 Å². The summed E-state index contributed by atoms with van der Waals surface area (Å²) in [6, 6.07) is 1.69. The zero-order valence-electron chi connectivity index (χ0n) is 11.5. The second-order valence-electron chi connectivity index (χ2n) is 4.68. The summed E-state index contributed by atoms with van der Waals surface area (Å²) in [7, 11) is -6.81. The van der Waals surface area contributed by atoms with E-state index >= 15 is 0 Å². The van der Waals surface area contributed by atoms with E-state index in [1.54, 1.807) is 11.4 Å². The van der Waals surface area contributed by atoms with Gasteiger partial charge in [-0.25, -0.2) is 16.8 Å². The minimum atomic E-state index is -3.55. The van der Waals surface area contributed by atoms with Gasteiger partial charge in [-0.3, -0.25) is 0 Å². The zero-order chi connectivity index (χ0) is 15.7. The van der Waals surface area contributed by atoms with Crippen molar-refractivity contribution >= 4 is 47.3 Å². The second-order valence-corrected chi connectivity index (χ2v) is 10.7. The summed E-state index contributed by atoms with van der Waals surface area (Å²) in [5.41, 5.74) is 0. The zero-order valence-corrected chi connectivity index (χ0v) is 15.6. The largest absolute Gasteiger partial charge is 0.253 e. The van der Waals surface area contributed by atoms with Crippen LogP contribution in [-0.2, 0) is 20.0 Å². The fourth-order valence-electron chi connectivity index (χ4n) is 2.16. The molecule has 0 spiro atoms. The molecule has 0 radical (unpaired) electrons. The molecule has 2 heterocycles. The molecule has 0 N–H and O–H groups in total. The van der Waals surface area contributed by atoms with E-state index < -0.39 is 20.0 Å². The van der Waals surface area contributed by atoms with Crippen LogP contribution in [0.15, 0.2) is 20.1 Å². The minimum Gasteiger partial charge on any atom is -0.212 e. The third-order valence-electron chi connectivity index (χ3n) is 3.21.